The average Bonchev–Trinajstić information content (AvgIpc) is 3.08. The van der Waals surface area contributed by atoms with Gasteiger partial charge in [0.1, 0.15) is 17.2 Å². The fourth-order valence-electron chi connectivity index (χ4n) is 2.18. The molecule has 0 bridgehead atoms. The summed E-state index contributed by atoms with van der Waals surface area (Å²) >= 11 is 7.45. The molecular formula is C17H17ClN4O2S. The van der Waals surface area contributed by atoms with Crippen molar-refractivity contribution in [3.63, 3.8) is 0 Å². The fraction of sp³-hybridized carbons (Fsp3) is 0.235. The number of benzene rings is 2. The largest absolute Gasteiger partial charge is 0.493 e. The molecule has 6 nitrogen and oxygen atoms in total. The molecule has 0 radical (unpaired) electrons. The van der Waals surface area contributed by atoms with Crippen LogP contribution in [0.1, 0.15) is 6.92 Å². The van der Waals surface area contributed by atoms with E-state index in [9.17, 15) is 0 Å². The van der Waals surface area contributed by atoms with Crippen molar-refractivity contribution in [1.29, 1.82) is 0 Å². The molecule has 1 heterocycles. The van der Waals surface area contributed by atoms with Gasteiger partial charge < -0.3 is 9.47 Å². The summed E-state index contributed by atoms with van der Waals surface area (Å²) < 4.78 is 13.0. The summed E-state index contributed by atoms with van der Waals surface area (Å²) in [4.78, 5) is 0. The minimum absolute atomic E-state index is 0.519. The molecule has 0 fully saturated rings. The predicted molar refractivity (Wildman–Crippen MR) is 98.0 cm³/mol. The minimum Gasteiger partial charge on any atom is -0.493 e. The van der Waals surface area contributed by atoms with E-state index in [2.05, 4.69) is 15.5 Å². The number of tetrazole rings is 1. The predicted octanol–water partition coefficient (Wildman–Crippen LogP) is 3.89. The highest BCUT2D eigenvalue weighted by atomic mass is 35.5. The molecule has 0 aliphatic carbocycles. The Morgan fingerprint density at radius 2 is 2.00 bits per heavy atom. The van der Waals surface area contributed by atoms with Gasteiger partial charge in [0.25, 0.3) is 0 Å². The Balaban J connectivity index is 1.63. The van der Waals surface area contributed by atoms with E-state index in [-0.39, 0.29) is 0 Å². The van der Waals surface area contributed by atoms with Crippen molar-refractivity contribution < 1.29 is 9.47 Å². The van der Waals surface area contributed by atoms with Crippen molar-refractivity contribution in [2.75, 3.05) is 19.0 Å². The Kier molecular flexibility index (Phi) is 6.14. The second-order valence-corrected chi connectivity index (χ2v) is 6.43. The zero-order valence-corrected chi connectivity index (χ0v) is 15.2. The van der Waals surface area contributed by atoms with E-state index >= 15 is 0 Å². The first kappa shape index (κ1) is 17.6. The smallest absolute Gasteiger partial charge is 0.214 e. The maximum absolute atomic E-state index is 5.94. The second-order valence-electron chi connectivity index (χ2n) is 4.93. The Labute approximate surface area is 155 Å². The summed E-state index contributed by atoms with van der Waals surface area (Å²) in [5, 5.41) is 13.3. The van der Waals surface area contributed by atoms with Crippen LogP contribution < -0.4 is 9.47 Å². The third-order valence-electron chi connectivity index (χ3n) is 3.21. The normalized spacial score (nSPS) is 10.6. The Bertz CT molecular complexity index is 828. The summed E-state index contributed by atoms with van der Waals surface area (Å²) in [6.45, 7) is 3.04. The topological polar surface area (TPSA) is 62.1 Å². The highest BCUT2D eigenvalue weighted by molar-refractivity contribution is 7.99. The molecule has 0 aliphatic rings. The zero-order valence-electron chi connectivity index (χ0n) is 13.6. The number of hydrogen-bond acceptors (Lipinski definition) is 6. The summed E-state index contributed by atoms with van der Waals surface area (Å²) in [6.07, 6.45) is 0. The van der Waals surface area contributed by atoms with Crippen LogP contribution >= 0.6 is 23.4 Å². The molecule has 0 saturated heterocycles. The number of aromatic nitrogens is 4. The van der Waals surface area contributed by atoms with Crippen molar-refractivity contribution >= 4 is 23.4 Å². The van der Waals surface area contributed by atoms with Crippen LogP contribution in [-0.4, -0.2) is 39.2 Å². The lowest BCUT2D eigenvalue weighted by molar-refractivity contribution is 0.337. The third kappa shape index (κ3) is 4.64. The van der Waals surface area contributed by atoms with Crippen LogP contribution in [0.5, 0.6) is 11.5 Å². The number of rotatable bonds is 8. The summed E-state index contributed by atoms with van der Waals surface area (Å²) in [7, 11) is 0. The zero-order chi connectivity index (χ0) is 17.5. The van der Waals surface area contributed by atoms with Crippen LogP contribution in [0.4, 0.5) is 0 Å². The lowest BCUT2D eigenvalue weighted by Gasteiger charge is -2.10. The van der Waals surface area contributed by atoms with Crippen molar-refractivity contribution in [3.05, 3.63) is 53.6 Å². The van der Waals surface area contributed by atoms with E-state index in [1.807, 2.05) is 49.4 Å². The number of ether oxygens (including phenoxy) is 2. The van der Waals surface area contributed by atoms with Gasteiger partial charge in [0.15, 0.2) is 0 Å². The van der Waals surface area contributed by atoms with Gasteiger partial charge in [-0.2, -0.15) is 4.68 Å². The lowest BCUT2D eigenvalue weighted by atomic mass is 10.3. The van der Waals surface area contributed by atoms with Crippen molar-refractivity contribution in [2.24, 2.45) is 0 Å². The molecule has 3 aromatic rings. The molecule has 0 unspecified atom stereocenters. The molecular weight excluding hydrogens is 360 g/mol. The molecule has 0 N–H and O–H groups in total. The Morgan fingerprint density at radius 3 is 2.84 bits per heavy atom. The SMILES string of the molecule is CCOc1ccccc1-n1nnnc1SCCOc1cccc(Cl)c1. The summed E-state index contributed by atoms with van der Waals surface area (Å²) in [5.74, 6) is 2.19. The number of halogens is 1. The number of thioether (sulfide) groups is 1. The Hall–Kier alpha value is -2.25. The van der Waals surface area contributed by atoms with Crippen LogP contribution in [-0.2, 0) is 0 Å². The van der Waals surface area contributed by atoms with E-state index in [1.165, 1.54) is 11.8 Å². The first-order chi connectivity index (χ1) is 12.3. The van der Waals surface area contributed by atoms with E-state index < -0.39 is 0 Å². The van der Waals surface area contributed by atoms with E-state index in [0.29, 0.717) is 29.1 Å². The van der Waals surface area contributed by atoms with E-state index in [4.69, 9.17) is 21.1 Å². The van der Waals surface area contributed by atoms with Gasteiger partial charge in [-0.25, -0.2) is 0 Å². The number of nitrogens with zero attached hydrogens (tertiary/aromatic N) is 4. The standard InChI is InChI=1S/C17H17ClN4O2S/c1-2-23-16-9-4-3-8-15(16)22-17(19-20-21-22)25-11-10-24-14-7-5-6-13(18)12-14/h3-9,12H,2,10-11H2,1H3. The quantitative estimate of drug-likeness (QED) is 0.439. The molecule has 3 rings (SSSR count). The maximum Gasteiger partial charge on any atom is 0.214 e. The highest BCUT2D eigenvalue weighted by Crippen LogP contribution is 2.26. The molecule has 25 heavy (non-hydrogen) atoms. The van der Waals surface area contributed by atoms with E-state index in [1.54, 1.807) is 10.7 Å². The first-order valence-electron chi connectivity index (χ1n) is 7.79. The Morgan fingerprint density at radius 1 is 1.12 bits per heavy atom. The second kappa shape index (κ2) is 8.73. The first-order valence-corrected chi connectivity index (χ1v) is 9.16. The van der Waals surface area contributed by atoms with Gasteiger partial charge in [0.2, 0.25) is 5.16 Å². The third-order valence-corrected chi connectivity index (χ3v) is 4.33. The minimum atomic E-state index is 0.519. The van der Waals surface area contributed by atoms with Gasteiger partial charge in [0, 0.05) is 10.8 Å². The summed E-state index contributed by atoms with van der Waals surface area (Å²) in [6, 6.07) is 15.0. The van der Waals surface area contributed by atoms with Crippen LogP contribution in [0.25, 0.3) is 5.69 Å². The average molecular weight is 377 g/mol. The molecule has 130 valence electrons. The molecule has 0 spiro atoms. The number of para-hydroxylation sites is 2. The molecule has 1 aromatic heterocycles. The van der Waals surface area contributed by atoms with Crippen LogP contribution in [0, 0.1) is 0 Å². The maximum atomic E-state index is 5.94. The van der Waals surface area contributed by atoms with Gasteiger partial charge >= 0.3 is 0 Å². The number of hydrogen-bond donors (Lipinski definition) is 0. The van der Waals surface area contributed by atoms with Gasteiger partial charge in [0.05, 0.1) is 13.2 Å². The van der Waals surface area contributed by atoms with Crippen molar-refractivity contribution in [3.8, 4) is 17.2 Å². The van der Waals surface area contributed by atoms with Crippen LogP contribution in [0.3, 0.4) is 0 Å². The summed E-state index contributed by atoms with van der Waals surface area (Å²) in [5.41, 5.74) is 0.813. The molecule has 0 atom stereocenters. The van der Waals surface area contributed by atoms with E-state index in [0.717, 1.165) is 17.2 Å². The molecule has 0 saturated carbocycles. The molecule has 2 aromatic carbocycles. The van der Waals surface area contributed by atoms with Crippen molar-refractivity contribution in [1.82, 2.24) is 20.2 Å². The highest BCUT2D eigenvalue weighted by Gasteiger charge is 2.13. The van der Waals surface area contributed by atoms with Gasteiger partial charge in [-0.3, -0.25) is 0 Å². The van der Waals surface area contributed by atoms with Crippen molar-refractivity contribution in [2.45, 2.75) is 12.1 Å². The van der Waals surface area contributed by atoms with Gasteiger partial charge in [-0.05, 0) is 47.7 Å². The molecule has 8 heteroatoms. The fourth-order valence-corrected chi connectivity index (χ4v) is 3.06. The van der Waals surface area contributed by atoms with Gasteiger partial charge in [-0.1, -0.05) is 41.6 Å². The lowest BCUT2D eigenvalue weighted by Crippen LogP contribution is -2.05. The monoisotopic (exact) mass is 376 g/mol. The van der Waals surface area contributed by atoms with Crippen LogP contribution in [0.2, 0.25) is 5.02 Å². The van der Waals surface area contributed by atoms with Gasteiger partial charge in [-0.15, -0.1) is 5.10 Å². The van der Waals surface area contributed by atoms with Crippen LogP contribution in [0.15, 0.2) is 53.7 Å². The molecule has 0 amide bonds. The molecule has 0 aliphatic heterocycles.